The highest BCUT2D eigenvalue weighted by molar-refractivity contribution is 6.01. The van der Waals surface area contributed by atoms with Gasteiger partial charge < -0.3 is 15.8 Å². The molecule has 1 aromatic carbocycles. The van der Waals surface area contributed by atoms with Crippen LogP contribution in [0.2, 0.25) is 0 Å². The van der Waals surface area contributed by atoms with Gasteiger partial charge in [0.05, 0.1) is 24.3 Å². The Balaban J connectivity index is 2.11. The number of cyclic esters (lactones) is 1. The summed E-state index contributed by atoms with van der Waals surface area (Å²) >= 11 is 0. The standard InChI is InChI=1S/C15H18FN3O3/c1-7(2)12-10(19-6-9(5-17)22-15(19)21)3-8-4-11(20)18-14(8)13(12)16/h3,7,9H,4-6,17H2,1-2H3,(H,18,20)/t9-/m1/s1. The van der Waals surface area contributed by atoms with Crippen LogP contribution in [0.3, 0.4) is 0 Å². The number of amides is 2. The Labute approximate surface area is 127 Å². The topological polar surface area (TPSA) is 84.7 Å². The minimum absolute atomic E-state index is 0.112. The van der Waals surface area contributed by atoms with Gasteiger partial charge in [-0.25, -0.2) is 9.18 Å². The fourth-order valence-corrected chi connectivity index (χ4v) is 2.95. The smallest absolute Gasteiger partial charge is 0.414 e. The SMILES string of the molecule is CC(C)c1c(N2C[C@@H](CN)OC2=O)cc2c(c1F)NC(=O)C2. The Morgan fingerprint density at radius 1 is 1.50 bits per heavy atom. The van der Waals surface area contributed by atoms with Crippen molar-refractivity contribution in [3.63, 3.8) is 0 Å². The molecule has 0 saturated carbocycles. The molecule has 2 aliphatic heterocycles. The first kappa shape index (κ1) is 14.8. The number of hydrogen-bond acceptors (Lipinski definition) is 4. The molecule has 22 heavy (non-hydrogen) atoms. The Kier molecular flexibility index (Phi) is 3.52. The summed E-state index contributed by atoms with van der Waals surface area (Å²) in [4.78, 5) is 25.0. The van der Waals surface area contributed by atoms with Gasteiger partial charge in [-0.2, -0.15) is 0 Å². The molecule has 2 heterocycles. The number of ether oxygens (including phenoxy) is 1. The van der Waals surface area contributed by atoms with E-state index in [9.17, 15) is 14.0 Å². The molecule has 7 heteroatoms. The average Bonchev–Trinajstić information content (AvgIpc) is 3.00. The number of hydrogen-bond donors (Lipinski definition) is 2. The maximum Gasteiger partial charge on any atom is 0.414 e. The van der Waals surface area contributed by atoms with E-state index in [1.54, 1.807) is 6.07 Å². The summed E-state index contributed by atoms with van der Waals surface area (Å²) in [5, 5.41) is 2.54. The molecule has 3 N–H and O–H groups in total. The lowest BCUT2D eigenvalue weighted by Gasteiger charge is -2.22. The minimum Gasteiger partial charge on any atom is -0.443 e. The average molecular weight is 307 g/mol. The lowest BCUT2D eigenvalue weighted by Crippen LogP contribution is -2.28. The van der Waals surface area contributed by atoms with Gasteiger partial charge in [-0.3, -0.25) is 9.69 Å². The maximum atomic E-state index is 14.8. The first-order valence-corrected chi connectivity index (χ1v) is 7.25. The molecule has 118 valence electrons. The van der Waals surface area contributed by atoms with E-state index in [4.69, 9.17) is 10.5 Å². The van der Waals surface area contributed by atoms with Crippen molar-refractivity contribution in [3.05, 3.63) is 23.0 Å². The molecular formula is C15H18FN3O3. The van der Waals surface area contributed by atoms with Gasteiger partial charge in [-0.05, 0) is 17.5 Å². The zero-order valence-corrected chi connectivity index (χ0v) is 12.5. The zero-order chi connectivity index (χ0) is 16.0. The van der Waals surface area contributed by atoms with Crippen LogP contribution in [-0.2, 0) is 16.0 Å². The number of nitrogens with one attached hydrogen (secondary N) is 1. The quantitative estimate of drug-likeness (QED) is 0.890. The summed E-state index contributed by atoms with van der Waals surface area (Å²) in [5.41, 5.74) is 7.18. The second kappa shape index (κ2) is 5.24. The first-order chi connectivity index (χ1) is 10.4. The van der Waals surface area contributed by atoms with E-state index in [0.717, 1.165) is 0 Å². The minimum atomic E-state index is -0.533. The van der Waals surface area contributed by atoms with Crippen molar-refractivity contribution in [1.82, 2.24) is 0 Å². The van der Waals surface area contributed by atoms with Crippen LogP contribution in [0.4, 0.5) is 20.6 Å². The van der Waals surface area contributed by atoms with Gasteiger partial charge in [0.15, 0.2) is 5.82 Å². The summed E-state index contributed by atoms with van der Waals surface area (Å²) in [5.74, 6) is -0.871. The van der Waals surface area contributed by atoms with Gasteiger partial charge in [0.1, 0.15) is 6.10 Å². The van der Waals surface area contributed by atoms with E-state index in [-0.39, 0.29) is 37.0 Å². The van der Waals surface area contributed by atoms with Crippen LogP contribution >= 0.6 is 0 Å². The van der Waals surface area contributed by atoms with E-state index in [1.165, 1.54) is 4.90 Å². The number of anilines is 2. The van der Waals surface area contributed by atoms with Gasteiger partial charge in [0.25, 0.3) is 0 Å². The fraction of sp³-hybridized carbons (Fsp3) is 0.467. The zero-order valence-electron chi connectivity index (χ0n) is 12.5. The Hall–Kier alpha value is -2.15. The number of carbonyl (C=O) groups is 2. The molecule has 1 saturated heterocycles. The van der Waals surface area contributed by atoms with Crippen LogP contribution in [0.1, 0.15) is 30.9 Å². The van der Waals surface area contributed by atoms with Crippen molar-refractivity contribution in [3.8, 4) is 0 Å². The number of benzene rings is 1. The molecule has 1 fully saturated rings. The molecule has 0 unspecified atom stereocenters. The lowest BCUT2D eigenvalue weighted by molar-refractivity contribution is -0.115. The molecule has 0 aromatic heterocycles. The second-order valence-corrected chi connectivity index (χ2v) is 5.89. The van der Waals surface area contributed by atoms with Crippen molar-refractivity contribution in [1.29, 1.82) is 0 Å². The lowest BCUT2D eigenvalue weighted by atomic mass is 9.96. The molecule has 3 rings (SSSR count). The number of nitrogens with zero attached hydrogens (tertiary/aromatic N) is 1. The van der Waals surface area contributed by atoms with E-state index in [0.29, 0.717) is 16.8 Å². The third-order valence-electron chi connectivity index (χ3n) is 3.98. The summed E-state index contributed by atoms with van der Waals surface area (Å²) in [7, 11) is 0. The van der Waals surface area contributed by atoms with Crippen LogP contribution in [-0.4, -0.2) is 31.2 Å². The molecule has 2 aliphatic rings. The third-order valence-corrected chi connectivity index (χ3v) is 3.98. The summed E-state index contributed by atoms with van der Waals surface area (Å²) < 4.78 is 19.9. The Morgan fingerprint density at radius 3 is 2.82 bits per heavy atom. The van der Waals surface area contributed by atoms with Crippen LogP contribution in [0, 0.1) is 5.82 Å². The van der Waals surface area contributed by atoms with Crippen LogP contribution in [0.25, 0.3) is 0 Å². The highest BCUT2D eigenvalue weighted by Crippen LogP contribution is 2.40. The van der Waals surface area contributed by atoms with Crippen LogP contribution in [0.15, 0.2) is 6.07 Å². The largest absolute Gasteiger partial charge is 0.443 e. The third kappa shape index (κ3) is 2.21. The van der Waals surface area contributed by atoms with Gasteiger partial charge in [-0.1, -0.05) is 13.8 Å². The van der Waals surface area contributed by atoms with Gasteiger partial charge >= 0.3 is 6.09 Å². The molecule has 6 nitrogen and oxygen atoms in total. The van der Waals surface area contributed by atoms with E-state index >= 15 is 0 Å². The highest BCUT2D eigenvalue weighted by atomic mass is 19.1. The number of halogens is 1. The molecule has 0 spiro atoms. The van der Waals surface area contributed by atoms with E-state index < -0.39 is 18.0 Å². The maximum absolute atomic E-state index is 14.8. The van der Waals surface area contributed by atoms with Crippen molar-refractivity contribution < 1.29 is 18.7 Å². The number of fused-ring (bicyclic) bond motifs is 1. The normalized spacial score (nSPS) is 20.4. The van der Waals surface area contributed by atoms with Crippen molar-refractivity contribution in [2.75, 3.05) is 23.3 Å². The Morgan fingerprint density at radius 2 is 2.23 bits per heavy atom. The van der Waals surface area contributed by atoms with Crippen molar-refractivity contribution in [2.24, 2.45) is 5.73 Å². The number of nitrogens with two attached hydrogens (primary N) is 1. The van der Waals surface area contributed by atoms with Gasteiger partial charge in [0, 0.05) is 12.1 Å². The number of carbonyl (C=O) groups excluding carboxylic acids is 2. The number of rotatable bonds is 3. The van der Waals surface area contributed by atoms with Crippen molar-refractivity contribution in [2.45, 2.75) is 32.3 Å². The monoisotopic (exact) mass is 307 g/mol. The second-order valence-electron chi connectivity index (χ2n) is 5.89. The van der Waals surface area contributed by atoms with Gasteiger partial charge in [-0.15, -0.1) is 0 Å². The highest BCUT2D eigenvalue weighted by Gasteiger charge is 2.36. The molecule has 1 aromatic rings. The first-order valence-electron chi connectivity index (χ1n) is 7.25. The van der Waals surface area contributed by atoms with Crippen LogP contribution in [0.5, 0.6) is 0 Å². The molecule has 0 radical (unpaired) electrons. The predicted molar refractivity (Wildman–Crippen MR) is 79.5 cm³/mol. The predicted octanol–water partition coefficient (Wildman–Crippen LogP) is 1.73. The van der Waals surface area contributed by atoms with Gasteiger partial charge in [0.2, 0.25) is 5.91 Å². The summed E-state index contributed by atoms with van der Waals surface area (Å²) in [6.45, 7) is 4.18. The van der Waals surface area contributed by atoms with E-state index in [2.05, 4.69) is 5.32 Å². The summed E-state index contributed by atoms with van der Waals surface area (Å²) in [6.07, 6.45) is -0.821. The molecular weight excluding hydrogens is 289 g/mol. The molecule has 0 aliphatic carbocycles. The Bertz CT molecular complexity index is 660. The van der Waals surface area contributed by atoms with E-state index in [1.807, 2.05) is 13.8 Å². The molecule has 1 atom stereocenters. The molecule has 2 amide bonds. The fourth-order valence-electron chi connectivity index (χ4n) is 2.95. The van der Waals surface area contributed by atoms with Crippen molar-refractivity contribution >= 4 is 23.4 Å². The molecule has 0 bridgehead atoms. The summed E-state index contributed by atoms with van der Waals surface area (Å²) in [6, 6.07) is 1.70. The van der Waals surface area contributed by atoms with Crippen LogP contribution < -0.4 is 16.0 Å².